The zero-order valence-electron chi connectivity index (χ0n) is 24.6. The van der Waals surface area contributed by atoms with Gasteiger partial charge in [0, 0.05) is 18.9 Å². The van der Waals surface area contributed by atoms with Crippen LogP contribution in [0.25, 0.3) is 0 Å². The number of hydrogen-bond acceptors (Lipinski definition) is 6. The van der Waals surface area contributed by atoms with Gasteiger partial charge in [0.25, 0.3) is 8.32 Å². The topological polar surface area (TPSA) is 71.1 Å². The van der Waals surface area contributed by atoms with Crippen LogP contribution in [0.15, 0.2) is 18.2 Å². The first-order valence-corrected chi connectivity index (χ1v) is 19.5. The second kappa shape index (κ2) is 10.9. The van der Waals surface area contributed by atoms with Gasteiger partial charge in [0.1, 0.15) is 23.7 Å². The van der Waals surface area contributed by atoms with Crippen LogP contribution in [0.2, 0.25) is 36.3 Å². The molecule has 1 unspecified atom stereocenters. The molecule has 2 aliphatic rings. The molecule has 0 radical (unpaired) electrons. The fourth-order valence-corrected chi connectivity index (χ4v) is 6.98. The smallest absolute Gasteiger partial charge is 0.342 e. The summed E-state index contributed by atoms with van der Waals surface area (Å²) in [5.74, 6) is 0.158. The molecule has 0 N–H and O–H groups in total. The van der Waals surface area contributed by atoms with Crippen molar-refractivity contribution in [2.24, 2.45) is 0 Å². The molecule has 3 rings (SSSR count). The Morgan fingerprint density at radius 1 is 0.946 bits per heavy atom. The third kappa shape index (κ3) is 7.13. The third-order valence-corrected chi connectivity index (χ3v) is 17.7. The average molecular weight is 549 g/mol. The van der Waals surface area contributed by atoms with Gasteiger partial charge < -0.3 is 23.1 Å². The van der Waals surface area contributed by atoms with Crippen molar-refractivity contribution in [3.8, 4) is 5.75 Å². The molecular weight excluding hydrogens is 500 g/mol. The van der Waals surface area contributed by atoms with Crippen molar-refractivity contribution in [2.45, 2.75) is 134 Å². The van der Waals surface area contributed by atoms with Crippen LogP contribution >= 0.6 is 0 Å². The van der Waals surface area contributed by atoms with Crippen molar-refractivity contribution in [3.63, 3.8) is 0 Å². The first-order chi connectivity index (χ1) is 16.9. The Kier molecular flexibility index (Phi) is 8.89. The maximum atomic E-state index is 13.6. The van der Waals surface area contributed by atoms with Crippen molar-refractivity contribution < 1.29 is 27.9 Å². The fraction of sp³-hybridized carbons (Fsp3) is 0.724. The van der Waals surface area contributed by atoms with Crippen LogP contribution in [0.1, 0.15) is 83.1 Å². The quantitative estimate of drug-likeness (QED) is 0.215. The number of hydrogen-bond donors (Lipinski definition) is 0. The molecule has 208 valence electrons. The van der Waals surface area contributed by atoms with Gasteiger partial charge >= 0.3 is 5.97 Å². The van der Waals surface area contributed by atoms with E-state index in [0.717, 1.165) is 24.7 Å². The predicted octanol–water partition coefficient (Wildman–Crippen LogP) is 7.07. The number of carbonyl (C=O) groups excluding carboxylic acids is 2. The highest BCUT2D eigenvalue weighted by molar-refractivity contribution is 6.75. The zero-order valence-corrected chi connectivity index (χ0v) is 26.6. The van der Waals surface area contributed by atoms with E-state index in [-0.39, 0.29) is 34.8 Å². The first kappa shape index (κ1) is 30.1. The van der Waals surface area contributed by atoms with E-state index < -0.39 is 28.7 Å². The minimum atomic E-state index is -2.21. The van der Waals surface area contributed by atoms with Gasteiger partial charge in [-0.25, -0.2) is 4.79 Å². The van der Waals surface area contributed by atoms with Crippen LogP contribution in [0.4, 0.5) is 0 Å². The molecular formula is C29H48O6Si2. The molecule has 1 aromatic rings. The second-order valence-corrected chi connectivity index (χ2v) is 23.4. The molecule has 2 heterocycles. The van der Waals surface area contributed by atoms with Gasteiger partial charge in [0.05, 0.1) is 12.2 Å². The van der Waals surface area contributed by atoms with Gasteiger partial charge in [-0.3, -0.25) is 0 Å². The van der Waals surface area contributed by atoms with E-state index in [1.165, 1.54) is 0 Å². The van der Waals surface area contributed by atoms with Gasteiger partial charge in [-0.15, -0.1) is 0 Å². The van der Waals surface area contributed by atoms with E-state index >= 15 is 0 Å². The Labute approximate surface area is 226 Å². The number of rotatable bonds is 6. The highest BCUT2D eigenvalue weighted by Gasteiger charge is 2.43. The summed E-state index contributed by atoms with van der Waals surface area (Å²) in [7, 11) is -4.18. The van der Waals surface area contributed by atoms with E-state index in [4.69, 9.17) is 18.3 Å². The Morgan fingerprint density at radius 2 is 1.57 bits per heavy atom. The molecule has 4 atom stereocenters. The summed E-state index contributed by atoms with van der Waals surface area (Å²) in [6.07, 6.45) is 2.89. The van der Waals surface area contributed by atoms with Gasteiger partial charge in [0.15, 0.2) is 8.32 Å². The lowest BCUT2D eigenvalue weighted by Gasteiger charge is -2.44. The number of fused-ring (bicyclic) bond motifs is 3. The number of cyclic esters (lactones) is 1. The molecule has 1 aromatic carbocycles. The number of aldehydes is 1. The summed E-state index contributed by atoms with van der Waals surface area (Å²) in [6.45, 7) is 22.2. The van der Waals surface area contributed by atoms with Crippen LogP contribution < -0.4 is 4.43 Å². The van der Waals surface area contributed by atoms with Crippen molar-refractivity contribution in [1.29, 1.82) is 0 Å². The molecule has 6 nitrogen and oxygen atoms in total. The number of carbonyl (C=O) groups is 2. The lowest BCUT2D eigenvalue weighted by Crippen LogP contribution is -2.49. The Hall–Kier alpha value is -1.49. The largest absolute Gasteiger partial charge is 0.543 e. The minimum absolute atomic E-state index is 0.0241. The van der Waals surface area contributed by atoms with Gasteiger partial charge in [0.2, 0.25) is 0 Å². The molecule has 8 heteroatoms. The summed E-state index contributed by atoms with van der Waals surface area (Å²) in [4.78, 5) is 25.1. The number of esters is 1. The molecule has 0 aliphatic carbocycles. The molecule has 1 saturated heterocycles. The third-order valence-electron chi connectivity index (χ3n) is 8.80. The first-order valence-electron chi connectivity index (χ1n) is 13.7. The molecule has 0 spiro atoms. The SMILES string of the molecule is CC(C)(C)[Si](C)(C)Oc1cccc2c1C(=O)O[C@@H](CC=O)C[C@H]1CC(O[Si](C)(C)C(C)(C)C)C[C@H](C2)O1. The van der Waals surface area contributed by atoms with E-state index in [0.29, 0.717) is 24.2 Å². The van der Waals surface area contributed by atoms with E-state index in [1.54, 1.807) is 0 Å². The van der Waals surface area contributed by atoms with Crippen LogP contribution in [0, 0.1) is 0 Å². The molecule has 0 amide bonds. The van der Waals surface area contributed by atoms with Gasteiger partial charge in [-0.05, 0) is 67.2 Å². The van der Waals surface area contributed by atoms with Crippen molar-refractivity contribution in [1.82, 2.24) is 0 Å². The Morgan fingerprint density at radius 3 is 2.16 bits per heavy atom. The lowest BCUT2D eigenvalue weighted by molar-refractivity contribution is -0.115. The van der Waals surface area contributed by atoms with Gasteiger partial charge in [-0.2, -0.15) is 0 Å². The molecule has 0 saturated carbocycles. The summed E-state index contributed by atoms with van der Waals surface area (Å²) in [5, 5.41) is 0.0869. The average Bonchev–Trinajstić information content (AvgIpc) is 2.71. The summed E-state index contributed by atoms with van der Waals surface area (Å²) < 4.78 is 26.0. The molecule has 1 fully saturated rings. The van der Waals surface area contributed by atoms with Crippen molar-refractivity contribution in [3.05, 3.63) is 29.3 Å². The highest BCUT2D eigenvalue weighted by Crippen LogP contribution is 2.42. The molecule has 2 aliphatic heterocycles. The summed E-state index contributed by atoms with van der Waals surface area (Å²) in [5.41, 5.74) is 1.34. The molecule has 2 bridgehead atoms. The van der Waals surface area contributed by atoms with E-state index in [1.807, 2.05) is 18.2 Å². The Bertz CT molecular complexity index is 976. The maximum Gasteiger partial charge on any atom is 0.342 e. The molecule has 37 heavy (non-hydrogen) atoms. The number of benzene rings is 1. The zero-order chi connectivity index (χ0) is 27.8. The molecule has 0 aromatic heterocycles. The Balaban J connectivity index is 2.00. The van der Waals surface area contributed by atoms with Crippen LogP contribution in [0.3, 0.4) is 0 Å². The normalized spacial score (nSPS) is 25.6. The highest BCUT2D eigenvalue weighted by atomic mass is 28.4. The maximum absolute atomic E-state index is 13.6. The van der Waals surface area contributed by atoms with Crippen LogP contribution in [-0.4, -0.2) is 53.3 Å². The van der Waals surface area contributed by atoms with Gasteiger partial charge in [-0.1, -0.05) is 53.7 Å². The van der Waals surface area contributed by atoms with Crippen molar-refractivity contribution in [2.75, 3.05) is 0 Å². The van der Waals surface area contributed by atoms with Crippen LogP contribution in [0.5, 0.6) is 5.75 Å². The minimum Gasteiger partial charge on any atom is -0.543 e. The monoisotopic (exact) mass is 548 g/mol. The predicted molar refractivity (Wildman–Crippen MR) is 152 cm³/mol. The summed E-state index contributed by atoms with van der Waals surface area (Å²) in [6, 6.07) is 5.80. The lowest BCUT2D eigenvalue weighted by atomic mass is 9.91. The van der Waals surface area contributed by atoms with E-state index in [9.17, 15) is 9.59 Å². The fourth-order valence-electron chi connectivity index (χ4n) is 4.58. The number of ether oxygens (including phenoxy) is 2. The van der Waals surface area contributed by atoms with Crippen molar-refractivity contribution >= 4 is 28.9 Å². The summed E-state index contributed by atoms with van der Waals surface area (Å²) >= 11 is 0. The standard InChI is InChI=1S/C29H48O6Si2/c1-28(2,3)36(7,8)34-24-18-22-16-20-12-11-13-25(35-37(9,10)29(4,5)6)26(20)27(31)33-21(14-15-30)17-23(19-24)32-22/h11-13,15,21-24H,14,16-19H2,1-10H3/t21-,22-,23-,24?/m0/s1. The second-order valence-electron chi connectivity index (χ2n) is 13.9. The van der Waals surface area contributed by atoms with Crippen LogP contribution in [-0.2, 0) is 25.1 Å². The van der Waals surface area contributed by atoms with E-state index in [2.05, 4.69) is 67.7 Å².